The normalized spacial score (nSPS) is 11.3. The lowest BCUT2D eigenvalue weighted by Crippen LogP contribution is -2.21. The maximum absolute atomic E-state index is 12.8. The van der Waals surface area contributed by atoms with Gasteiger partial charge in [-0.2, -0.15) is 13.2 Å². The van der Waals surface area contributed by atoms with E-state index < -0.39 is 12.1 Å². The summed E-state index contributed by atoms with van der Waals surface area (Å²) in [4.78, 5) is 30.6. The molecule has 34 heavy (non-hydrogen) atoms. The van der Waals surface area contributed by atoms with Crippen molar-refractivity contribution in [1.29, 1.82) is 0 Å². The van der Waals surface area contributed by atoms with E-state index in [0.717, 1.165) is 22.5 Å². The number of carbonyl (C=O) groups excluding carboxylic acids is 1. The van der Waals surface area contributed by atoms with Crippen LogP contribution in [0.4, 0.5) is 19.0 Å². The number of hydrogen-bond donors (Lipinski definition) is 2. The zero-order valence-electron chi connectivity index (χ0n) is 18.5. The van der Waals surface area contributed by atoms with E-state index in [0.29, 0.717) is 17.6 Å². The smallest absolute Gasteiger partial charge is 0.475 e. The number of aliphatic carboxylic acids is 1. The molecule has 0 saturated heterocycles. The molecule has 1 amide bonds. The molecular formula is C23H22F3N5O3. The highest BCUT2D eigenvalue weighted by atomic mass is 19.4. The van der Waals surface area contributed by atoms with E-state index >= 15 is 0 Å². The number of fused-ring (bicyclic) bond motifs is 1. The van der Waals surface area contributed by atoms with E-state index in [1.165, 1.54) is 0 Å². The Balaban J connectivity index is 0.000000406. The average Bonchev–Trinajstić information content (AvgIpc) is 3.40. The second-order valence-corrected chi connectivity index (χ2v) is 7.66. The van der Waals surface area contributed by atoms with Crippen molar-refractivity contribution in [2.45, 2.75) is 33.0 Å². The van der Waals surface area contributed by atoms with E-state index in [2.05, 4.69) is 39.9 Å². The number of aromatic nitrogens is 4. The van der Waals surface area contributed by atoms with Crippen LogP contribution in [0, 0.1) is 6.92 Å². The third-order valence-electron chi connectivity index (χ3n) is 4.73. The van der Waals surface area contributed by atoms with Gasteiger partial charge in [-0.15, -0.1) is 0 Å². The van der Waals surface area contributed by atoms with Crippen LogP contribution < -0.4 is 5.32 Å². The molecule has 0 aliphatic rings. The van der Waals surface area contributed by atoms with Crippen LogP contribution in [-0.2, 0) is 4.79 Å². The lowest BCUT2D eigenvalue weighted by molar-refractivity contribution is -0.192. The molecule has 178 valence electrons. The topological polar surface area (TPSA) is 102 Å². The monoisotopic (exact) mass is 473 g/mol. The van der Waals surface area contributed by atoms with Gasteiger partial charge in [0.15, 0.2) is 5.69 Å². The summed E-state index contributed by atoms with van der Waals surface area (Å²) in [5, 5.41) is 9.96. The van der Waals surface area contributed by atoms with E-state index in [9.17, 15) is 18.0 Å². The molecule has 0 fully saturated rings. The SMILES string of the molecule is Cc1ccc(NC(=O)c2nc(-c3ccn(C(C)C)c3)n3ccccc23)nc1.O=C(O)C(F)(F)F. The first-order valence-corrected chi connectivity index (χ1v) is 10.2. The van der Waals surface area contributed by atoms with Gasteiger partial charge in [0.05, 0.1) is 5.52 Å². The Hall–Kier alpha value is -4.15. The number of carboxylic acid groups (broad SMARTS) is 1. The summed E-state index contributed by atoms with van der Waals surface area (Å²) >= 11 is 0. The number of amides is 1. The lowest BCUT2D eigenvalue weighted by Gasteiger charge is -2.05. The number of hydrogen-bond acceptors (Lipinski definition) is 4. The Morgan fingerprint density at radius 1 is 1.09 bits per heavy atom. The molecule has 0 aliphatic carbocycles. The Morgan fingerprint density at radius 2 is 1.79 bits per heavy atom. The quantitative estimate of drug-likeness (QED) is 0.436. The molecule has 11 heteroatoms. The number of nitrogens with one attached hydrogen (secondary N) is 1. The Morgan fingerprint density at radius 3 is 2.35 bits per heavy atom. The first-order chi connectivity index (χ1) is 16.0. The number of pyridine rings is 2. The van der Waals surface area contributed by atoms with E-state index in [4.69, 9.17) is 9.90 Å². The highest BCUT2D eigenvalue weighted by Gasteiger charge is 2.38. The molecule has 4 aromatic rings. The van der Waals surface area contributed by atoms with Crippen LogP contribution in [-0.4, -0.2) is 42.1 Å². The summed E-state index contributed by atoms with van der Waals surface area (Å²) in [5.41, 5.74) is 3.15. The molecule has 4 heterocycles. The summed E-state index contributed by atoms with van der Waals surface area (Å²) in [6.45, 7) is 6.21. The zero-order valence-corrected chi connectivity index (χ0v) is 18.5. The number of alkyl halides is 3. The summed E-state index contributed by atoms with van der Waals surface area (Å²) < 4.78 is 35.8. The molecule has 0 bridgehead atoms. The van der Waals surface area contributed by atoms with Crippen molar-refractivity contribution in [2.75, 3.05) is 5.32 Å². The Labute approximate surface area is 192 Å². The summed E-state index contributed by atoms with van der Waals surface area (Å²) in [5.74, 6) is -1.78. The van der Waals surface area contributed by atoms with Crippen LogP contribution in [0.3, 0.4) is 0 Å². The molecule has 4 rings (SSSR count). The average molecular weight is 473 g/mol. The van der Waals surface area contributed by atoms with Gasteiger partial charge in [-0.25, -0.2) is 14.8 Å². The van der Waals surface area contributed by atoms with Crippen molar-refractivity contribution in [2.24, 2.45) is 0 Å². The summed E-state index contributed by atoms with van der Waals surface area (Å²) in [7, 11) is 0. The second kappa shape index (κ2) is 9.77. The number of aryl methyl sites for hydroxylation is 1. The number of anilines is 1. The number of imidazole rings is 1. The molecule has 0 aliphatic heterocycles. The van der Waals surface area contributed by atoms with Crippen LogP contribution in [0.15, 0.2) is 61.2 Å². The minimum atomic E-state index is -5.08. The van der Waals surface area contributed by atoms with Gasteiger partial charge >= 0.3 is 12.1 Å². The molecule has 0 unspecified atom stereocenters. The molecular weight excluding hydrogens is 451 g/mol. The predicted molar refractivity (Wildman–Crippen MR) is 120 cm³/mol. The highest BCUT2D eigenvalue weighted by molar-refractivity contribution is 6.07. The number of rotatable bonds is 4. The maximum atomic E-state index is 12.8. The molecule has 8 nitrogen and oxygen atoms in total. The molecule has 0 atom stereocenters. The molecule has 2 N–H and O–H groups in total. The van der Waals surface area contributed by atoms with Crippen molar-refractivity contribution in [3.63, 3.8) is 0 Å². The summed E-state index contributed by atoms with van der Waals surface area (Å²) in [6.07, 6.45) is 2.64. The third-order valence-corrected chi connectivity index (χ3v) is 4.73. The standard InChI is InChI=1S/C21H21N5O.C2HF3O2/c1-14(2)25-11-9-16(13-25)20-24-19(17-6-4-5-10-26(17)20)21(27)23-18-8-7-15(3)12-22-18;3-2(4,5)1(6)7/h4-14H,1-3H3,(H,22,23,27);(H,6,7). The summed E-state index contributed by atoms with van der Waals surface area (Å²) in [6, 6.07) is 11.8. The predicted octanol–water partition coefficient (Wildman–Crippen LogP) is 4.97. The van der Waals surface area contributed by atoms with Crippen molar-refractivity contribution < 1.29 is 27.9 Å². The maximum Gasteiger partial charge on any atom is 0.490 e. The van der Waals surface area contributed by atoms with Crippen LogP contribution >= 0.6 is 0 Å². The fourth-order valence-electron chi connectivity index (χ4n) is 2.99. The first-order valence-electron chi connectivity index (χ1n) is 10.2. The molecule has 0 spiro atoms. The van der Waals surface area contributed by atoms with Crippen LogP contribution in [0.1, 0.15) is 35.9 Å². The Kier molecular flexibility index (Phi) is 7.04. The molecule has 0 radical (unpaired) electrons. The van der Waals surface area contributed by atoms with Gasteiger partial charge in [0.2, 0.25) is 0 Å². The fourth-order valence-corrected chi connectivity index (χ4v) is 2.99. The second-order valence-electron chi connectivity index (χ2n) is 7.66. The lowest BCUT2D eigenvalue weighted by atomic mass is 10.3. The van der Waals surface area contributed by atoms with Crippen LogP contribution in [0.25, 0.3) is 16.9 Å². The molecule has 0 aromatic carbocycles. The van der Waals surface area contributed by atoms with Gasteiger partial charge in [-0.3, -0.25) is 9.20 Å². The van der Waals surface area contributed by atoms with Gasteiger partial charge in [-0.1, -0.05) is 12.1 Å². The van der Waals surface area contributed by atoms with Gasteiger partial charge in [0, 0.05) is 36.4 Å². The number of carbonyl (C=O) groups is 2. The third kappa shape index (κ3) is 5.61. The van der Waals surface area contributed by atoms with Crippen molar-refractivity contribution in [1.82, 2.24) is 18.9 Å². The fraction of sp³-hybridized carbons (Fsp3) is 0.217. The van der Waals surface area contributed by atoms with Crippen molar-refractivity contribution in [3.05, 3.63) is 72.4 Å². The van der Waals surface area contributed by atoms with E-state index in [1.807, 2.05) is 54.0 Å². The van der Waals surface area contributed by atoms with E-state index in [-0.39, 0.29) is 5.91 Å². The van der Waals surface area contributed by atoms with Crippen LogP contribution in [0.5, 0.6) is 0 Å². The Bertz CT molecular complexity index is 1310. The van der Waals surface area contributed by atoms with Crippen LogP contribution in [0.2, 0.25) is 0 Å². The number of nitrogens with zero attached hydrogens (tertiary/aromatic N) is 4. The van der Waals surface area contributed by atoms with Crippen molar-refractivity contribution >= 4 is 23.2 Å². The van der Waals surface area contributed by atoms with Gasteiger partial charge in [0.1, 0.15) is 11.6 Å². The largest absolute Gasteiger partial charge is 0.490 e. The first kappa shape index (κ1) is 24.5. The minimum Gasteiger partial charge on any atom is -0.475 e. The number of halogens is 3. The molecule has 0 saturated carbocycles. The molecule has 4 aromatic heterocycles. The van der Waals surface area contributed by atoms with Gasteiger partial charge < -0.3 is 15.0 Å². The van der Waals surface area contributed by atoms with Gasteiger partial charge in [-0.05, 0) is 50.6 Å². The number of carboxylic acids is 1. The highest BCUT2D eigenvalue weighted by Crippen LogP contribution is 2.25. The zero-order chi connectivity index (χ0) is 25.0. The minimum absolute atomic E-state index is 0.274. The van der Waals surface area contributed by atoms with Crippen molar-refractivity contribution in [3.8, 4) is 11.4 Å². The van der Waals surface area contributed by atoms with Gasteiger partial charge in [0.25, 0.3) is 5.91 Å². The van der Waals surface area contributed by atoms with E-state index in [1.54, 1.807) is 12.3 Å².